The van der Waals surface area contributed by atoms with Crippen LogP contribution in [-0.4, -0.2) is 10.3 Å². The van der Waals surface area contributed by atoms with E-state index in [1.165, 1.54) is 0 Å². The lowest BCUT2D eigenvalue weighted by molar-refractivity contribution is 0.205. The molecule has 1 aromatic carbocycles. The van der Waals surface area contributed by atoms with Gasteiger partial charge in [-0.25, -0.2) is 0 Å². The second-order valence-electron chi connectivity index (χ2n) is 2.83. The first kappa shape index (κ1) is 8.88. The van der Waals surface area contributed by atoms with Crippen LogP contribution in [0.15, 0.2) is 29.3 Å². The maximum absolute atomic E-state index is 9.54. The smallest absolute Gasteiger partial charge is 0.252 e. The molecule has 4 heteroatoms. The summed E-state index contributed by atoms with van der Waals surface area (Å²) in [7, 11) is 0. The molecule has 1 heterocycles. The molecule has 1 aliphatic heterocycles. The van der Waals surface area contributed by atoms with E-state index in [-0.39, 0.29) is 5.03 Å². The zero-order chi connectivity index (χ0) is 9.47. The molecule has 0 radical (unpaired) electrons. The largest absolute Gasteiger partial charge is 0.354 e. The fourth-order valence-corrected chi connectivity index (χ4v) is 1.53. The Morgan fingerprint density at radius 1 is 1.31 bits per heavy atom. The van der Waals surface area contributed by atoms with Crippen molar-refractivity contribution < 1.29 is 5.11 Å². The molecule has 0 bridgehead atoms. The molecular formula is C9H7Cl2NO. The van der Waals surface area contributed by atoms with Crippen molar-refractivity contribution in [2.75, 3.05) is 5.32 Å². The molecule has 2 nitrogen and oxygen atoms in total. The monoisotopic (exact) mass is 215 g/mol. The van der Waals surface area contributed by atoms with Crippen LogP contribution in [0.3, 0.4) is 0 Å². The number of fused-ring (bicyclic) bond motifs is 1. The minimum Gasteiger partial charge on any atom is -0.354 e. The molecule has 0 fully saturated rings. The predicted molar refractivity (Wildman–Crippen MR) is 54.7 cm³/mol. The summed E-state index contributed by atoms with van der Waals surface area (Å²) < 4.78 is 0. The Hall–Kier alpha value is -0.700. The van der Waals surface area contributed by atoms with Gasteiger partial charge < -0.3 is 10.4 Å². The van der Waals surface area contributed by atoms with Gasteiger partial charge in [0.1, 0.15) is 0 Å². The Morgan fingerprint density at radius 2 is 2.00 bits per heavy atom. The van der Waals surface area contributed by atoms with Crippen LogP contribution in [0.4, 0.5) is 5.69 Å². The molecule has 0 aromatic heterocycles. The van der Waals surface area contributed by atoms with Crippen molar-refractivity contribution in [3.8, 4) is 0 Å². The highest BCUT2D eigenvalue weighted by Crippen LogP contribution is 2.35. The second kappa shape index (κ2) is 2.91. The molecule has 1 atom stereocenters. The van der Waals surface area contributed by atoms with Crippen LogP contribution in [0.1, 0.15) is 5.56 Å². The summed E-state index contributed by atoms with van der Waals surface area (Å²) in [6.07, 6.45) is 1.64. The molecule has 2 N–H and O–H groups in total. The number of alkyl halides is 1. The van der Waals surface area contributed by atoms with Crippen molar-refractivity contribution in [1.29, 1.82) is 0 Å². The average molecular weight is 216 g/mol. The lowest BCUT2D eigenvalue weighted by atomic mass is 10.1. The summed E-state index contributed by atoms with van der Waals surface area (Å²) in [6, 6.07) is 7.45. The Balaban J connectivity index is 2.53. The van der Waals surface area contributed by atoms with Crippen LogP contribution < -0.4 is 5.32 Å². The third-order valence-corrected chi connectivity index (χ3v) is 2.64. The van der Waals surface area contributed by atoms with Gasteiger partial charge in [-0.2, -0.15) is 0 Å². The fourth-order valence-electron chi connectivity index (χ4n) is 1.21. The van der Waals surface area contributed by atoms with Crippen molar-refractivity contribution in [2.24, 2.45) is 0 Å². The van der Waals surface area contributed by atoms with Crippen LogP contribution in [0.25, 0.3) is 6.08 Å². The first-order valence-corrected chi connectivity index (χ1v) is 4.51. The maximum atomic E-state index is 9.54. The van der Waals surface area contributed by atoms with Crippen LogP contribution in [0.5, 0.6) is 0 Å². The second-order valence-corrected chi connectivity index (χ2v) is 3.78. The van der Waals surface area contributed by atoms with Crippen molar-refractivity contribution in [3.05, 3.63) is 34.9 Å². The number of nitrogens with one attached hydrogen (secondary N) is 1. The minimum atomic E-state index is -1.67. The van der Waals surface area contributed by atoms with Gasteiger partial charge in [0.05, 0.1) is 5.03 Å². The Morgan fingerprint density at radius 3 is 2.77 bits per heavy atom. The Bertz CT molecular complexity index is 374. The van der Waals surface area contributed by atoms with Gasteiger partial charge in [-0.15, -0.1) is 0 Å². The summed E-state index contributed by atoms with van der Waals surface area (Å²) >= 11 is 11.4. The van der Waals surface area contributed by atoms with Crippen LogP contribution >= 0.6 is 23.2 Å². The topological polar surface area (TPSA) is 32.3 Å². The lowest BCUT2D eigenvalue weighted by Crippen LogP contribution is -2.34. The summed E-state index contributed by atoms with van der Waals surface area (Å²) in [5.41, 5.74) is 1.68. The molecule has 1 aromatic rings. The predicted octanol–water partition coefficient (Wildman–Crippen LogP) is 2.58. The van der Waals surface area contributed by atoms with E-state index in [4.69, 9.17) is 23.2 Å². The van der Waals surface area contributed by atoms with Gasteiger partial charge in [-0.3, -0.25) is 0 Å². The van der Waals surface area contributed by atoms with Gasteiger partial charge in [0.2, 0.25) is 0 Å². The first-order valence-electron chi connectivity index (χ1n) is 3.76. The summed E-state index contributed by atoms with van der Waals surface area (Å²) in [4.78, 5) is 0. The van der Waals surface area contributed by atoms with E-state index in [0.717, 1.165) is 11.3 Å². The molecule has 68 valence electrons. The van der Waals surface area contributed by atoms with E-state index in [1.807, 2.05) is 24.3 Å². The number of para-hydroxylation sites is 1. The van der Waals surface area contributed by atoms with Crippen LogP contribution in [-0.2, 0) is 0 Å². The highest BCUT2D eigenvalue weighted by Gasteiger charge is 2.31. The van der Waals surface area contributed by atoms with Gasteiger partial charge >= 0.3 is 0 Å². The number of rotatable bonds is 0. The molecule has 0 amide bonds. The van der Waals surface area contributed by atoms with Gasteiger partial charge in [0, 0.05) is 5.69 Å². The first-order chi connectivity index (χ1) is 6.09. The summed E-state index contributed by atoms with van der Waals surface area (Å²) in [5.74, 6) is 0. The van der Waals surface area contributed by atoms with E-state index < -0.39 is 5.18 Å². The fraction of sp³-hybridized carbons (Fsp3) is 0.111. The zero-order valence-corrected chi connectivity index (χ0v) is 8.10. The van der Waals surface area contributed by atoms with Crippen molar-refractivity contribution in [2.45, 2.75) is 5.18 Å². The highest BCUT2D eigenvalue weighted by atomic mass is 35.5. The van der Waals surface area contributed by atoms with Gasteiger partial charge in [0.25, 0.3) is 5.18 Å². The van der Waals surface area contributed by atoms with Crippen LogP contribution in [0.2, 0.25) is 0 Å². The normalized spacial score (nSPS) is 25.9. The van der Waals surface area contributed by atoms with E-state index in [1.54, 1.807) is 6.08 Å². The molecule has 0 saturated carbocycles. The van der Waals surface area contributed by atoms with E-state index >= 15 is 0 Å². The Kier molecular flexibility index (Phi) is 1.99. The standard InChI is InChI=1S/C9H7Cl2NO/c10-8-5-6-3-1-2-4-7(6)12-9(8,11)13/h1-5,12-13H. The van der Waals surface area contributed by atoms with E-state index in [2.05, 4.69) is 5.32 Å². The average Bonchev–Trinajstić information content (AvgIpc) is 2.06. The molecule has 0 spiro atoms. The van der Waals surface area contributed by atoms with Crippen molar-refractivity contribution in [3.63, 3.8) is 0 Å². The SMILES string of the molecule is OC1(Cl)Nc2ccccc2C=C1Cl. The summed E-state index contributed by atoms with van der Waals surface area (Å²) in [5, 5.41) is 10.8. The molecule has 0 saturated heterocycles. The van der Waals surface area contributed by atoms with Gasteiger partial charge in [0.15, 0.2) is 0 Å². The highest BCUT2D eigenvalue weighted by molar-refractivity contribution is 6.41. The quantitative estimate of drug-likeness (QED) is 0.516. The molecule has 1 unspecified atom stereocenters. The number of benzene rings is 1. The zero-order valence-electron chi connectivity index (χ0n) is 6.59. The number of halogens is 2. The maximum Gasteiger partial charge on any atom is 0.252 e. The van der Waals surface area contributed by atoms with E-state index in [0.29, 0.717) is 0 Å². The molecule has 1 aliphatic rings. The Labute approximate surface area is 85.8 Å². The van der Waals surface area contributed by atoms with Gasteiger partial charge in [-0.1, -0.05) is 41.4 Å². The van der Waals surface area contributed by atoms with Gasteiger partial charge in [-0.05, 0) is 17.7 Å². The lowest BCUT2D eigenvalue weighted by Gasteiger charge is -2.27. The van der Waals surface area contributed by atoms with E-state index in [9.17, 15) is 5.11 Å². The molecular weight excluding hydrogens is 209 g/mol. The van der Waals surface area contributed by atoms with Crippen molar-refractivity contribution in [1.82, 2.24) is 0 Å². The molecule has 13 heavy (non-hydrogen) atoms. The third-order valence-electron chi connectivity index (χ3n) is 1.86. The third kappa shape index (κ3) is 1.53. The summed E-state index contributed by atoms with van der Waals surface area (Å²) in [6.45, 7) is 0. The molecule has 0 aliphatic carbocycles. The number of aliphatic hydroxyl groups is 1. The van der Waals surface area contributed by atoms with Crippen LogP contribution in [0, 0.1) is 0 Å². The minimum absolute atomic E-state index is 0.174. The number of anilines is 1. The molecule has 2 rings (SSSR count). The number of hydrogen-bond donors (Lipinski definition) is 2. The number of hydrogen-bond acceptors (Lipinski definition) is 2. The van der Waals surface area contributed by atoms with Crippen molar-refractivity contribution >= 4 is 35.0 Å².